The predicted octanol–water partition coefficient (Wildman–Crippen LogP) is 1.57. The summed E-state index contributed by atoms with van der Waals surface area (Å²) in [5.41, 5.74) is 1.03. The molecule has 0 spiro atoms. The van der Waals surface area contributed by atoms with Gasteiger partial charge in [-0.05, 0) is 30.7 Å². The van der Waals surface area contributed by atoms with Crippen LogP contribution in [0.2, 0.25) is 0 Å². The van der Waals surface area contributed by atoms with Crippen molar-refractivity contribution < 1.29 is 19.0 Å². The molecule has 1 aliphatic heterocycles. The van der Waals surface area contributed by atoms with Gasteiger partial charge in [0.15, 0.2) is 0 Å². The van der Waals surface area contributed by atoms with E-state index in [1.54, 1.807) is 14.2 Å². The van der Waals surface area contributed by atoms with Crippen LogP contribution in [0.1, 0.15) is 17.9 Å². The first kappa shape index (κ1) is 14.7. The smallest absolute Gasteiger partial charge is 0.309 e. The minimum Gasteiger partial charge on any atom is -0.497 e. The fourth-order valence-corrected chi connectivity index (χ4v) is 2.69. The third-order valence-corrected chi connectivity index (χ3v) is 3.79. The molecular formula is C15H21NO4. The van der Waals surface area contributed by atoms with Crippen LogP contribution in [0.4, 0.5) is 0 Å². The van der Waals surface area contributed by atoms with Crippen LogP contribution in [-0.2, 0) is 9.53 Å². The summed E-state index contributed by atoms with van der Waals surface area (Å²) in [6.07, 6.45) is 0.775. The molecule has 20 heavy (non-hydrogen) atoms. The van der Waals surface area contributed by atoms with Crippen molar-refractivity contribution in [2.45, 2.75) is 12.3 Å². The molecule has 2 unspecified atom stereocenters. The highest BCUT2D eigenvalue weighted by Gasteiger charge is 2.33. The van der Waals surface area contributed by atoms with E-state index in [1.807, 2.05) is 18.2 Å². The van der Waals surface area contributed by atoms with Crippen molar-refractivity contribution in [3.63, 3.8) is 0 Å². The van der Waals surface area contributed by atoms with Crippen LogP contribution >= 0.6 is 0 Å². The average Bonchev–Trinajstić information content (AvgIpc) is 2.53. The van der Waals surface area contributed by atoms with Crippen molar-refractivity contribution in [2.75, 3.05) is 34.4 Å². The largest absolute Gasteiger partial charge is 0.497 e. The van der Waals surface area contributed by atoms with E-state index in [1.165, 1.54) is 7.11 Å². The number of nitrogens with one attached hydrogen (secondary N) is 1. The lowest BCUT2D eigenvalue weighted by Crippen LogP contribution is -2.39. The van der Waals surface area contributed by atoms with Gasteiger partial charge in [0.25, 0.3) is 0 Å². The standard InChI is InChI=1S/C15H21NO4/c1-18-11-6-10(7-12(8-11)19-2)14-9-16-5-4-13(14)15(17)20-3/h6-8,13-14,16H,4-5,9H2,1-3H3. The van der Waals surface area contributed by atoms with Gasteiger partial charge in [0, 0.05) is 18.5 Å². The number of benzene rings is 1. The molecule has 0 radical (unpaired) electrons. The number of piperidine rings is 1. The molecule has 1 N–H and O–H groups in total. The predicted molar refractivity (Wildman–Crippen MR) is 75.3 cm³/mol. The van der Waals surface area contributed by atoms with Crippen molar-refractivity contribution in [1.82, 2.24) is 5.32 Å². The zero-order valence-electron chi connectivity index (χ0n) is 12.1. The lowest BCUT2D eigenvalue weighted by atomic mass is 9.81. The molecule has 2 atom stereocenters. The SMILES string of the molecule is COC(=O)C1CCNCC1c1cc(OC)cc(OC)c1. The Bertz CT molecular complexity index is 453. The molecule has 1 aliphatic rings. The molecule has 1 aromatic rings. The van der Waals surface area contributed by atoms with E-state index in [9.17, 15) is 4.79 Å². The van der Waals surface area contributed by atoms with Crippen LogP contribution < -0.4 is 14.8 Å². The molecule has 0 bridgehead atoms. The lowest BCUT2D eigenvalue weighted by molar-refractivity contribution is -0.147. The van der Waals surface area contributed by atoms with Gasteiger partial charge < -0.3 is 19.5 Å². The van der Waals surface area contributed by atoms with E-state index >= 15 is 0 Å². The van der Waals surface area contributed by atoms with Gasteiger partial charge in [0.05, 0.1) is 27.2 Å². The number of ether oxygens (including phenoxy) is 3. The molecule has 1 heterocycles. The fraction of sp³-hybridized carbons (Fsp3) is 0.533. The molecule has 0 aliphatic carbocycles. The monoisotopic (exact) mass is 279 g/mol. The van der Waals surface area contributed by atoms with Gasteiger partial charge in [-0.25, -0.2) is 0 Å². The number of rotatable bonds is 4. The molecule has 1 fully saturated rings. The van der Waals surface area contributed by atoms with Crippen molar-refractivity contribution >= 4 is 5.97 Å². The van der Waals surface area contributed by atoms with Crippen molar-refractivity contribution in [3.05, 3.63) is 23.8 Å². The Labute approximate surface area is 119 Å². The van der Waals surface area contributed by atoms with Crippen LogP contribution in [0.15, 0.2) is 18.2 Å². The molecule has 0 aromatic heterocycles. The Morgan fingerprint density at radius 2 is 1.80 bits per heavy atom. The summed E-state index contributed by atoms with van der Waals surface area (Å²) >= 11 is 0. The second-order valence-electron chi connectivity index (χ2n) is 4.87. The number of carbonyl (C=O) groups excluding carboxylic acids is 1. The summed E-state index contributed by atoms with van der Waals surface area (Å²) in [7, 11) is 4.68. The number of hydrogen-bond acceptors (Lipinski definition) is 5. The summed E-state index contributed by atoms with van der Waals surface area (Å²) in [6, 6.07) is 5.74. The van der Waals surface area contributed by atoms with Crippen LogP contribution in [0, 0.1) is 5.92 Å². The topological polar surface area (TPSA) is 56.8 Å². The van der Waals surface area contributed by atoms with Gasteiger partial charge >= 0.3 is 5.97 Å². The minimum atomic E-state index is -0.154. The minimum absolute atomic E-state index is 0.0696. The maximum atomic E-state index is 11.9. The zero-order chi connectivity index (χ0) is 14.5. The van der Waals surface area contributed by atoms with E-state index < -0.39 is 0 Å². The number of carbonyl (C=O) groups is 1. The normalized spacial score (nSPS) is 22.1. The number of hydrogen-bond donors (Lipinski definition) is 1. The fourth-order valence-electron chi connectivity index (χ4n) is 2.69. The summed E-state index contributed by atoms with van der Waals surface area (Å²) in [6.45, 7) is 1.58. The van der Waals surface area contributed by atoms with E-state index in [4.69, 9.17) is 14.2 Å². The third kappa shape index (κ3) is 3.04. The van der Waals surface area contributed by atoms with Gasteiger partial charge in [-0.1, -0.05) is 0 Å². The first-order valence-electron chi connectivity index (χ1n) is 6.71. The average molecular weight is 279 g/mol. The highest BCUT2D eigenvalue weighted by Crippen LogP contribution is 2.34. The first-order chi connectivity index (χ1) is 9.69. The van der Waals surface area contributed by atoms with Crippen LogP contribution in [0.25, 0.3) is 0 Å². The Morgan fingerprint density at radius 1 is 1.15 bits per heavy atom. The number of methoxy groups -OCH3 is 3. The summed E-state index contributed by atoms with van der Waals surface area (Å²) < 4.78 is 15.5. The molecule has 1 saturated heterocycles. The molecule has 2 rings (SSSR count). The summed E-state index contributed by atoms with van der Waals surface area (Å²) in [4.78, 5) is 11.9. The Hall–Kier alpha value is -1.75. The van der Waals surface area contributed by atoms with Gasteiger partial charge in [-0.3, -0.25) is 4.79 Å². The molecule has 5 nitrogen and oxygen atoms in total. The first-order valence-corrected chi connectivity index (χ1v) is 6.71. The van der Waals surface area contributed by atoms with Crippen molar-refractivity contribution in [2.24, 2.45) is 5.92 Å². The van der Waals surface area contributed by atoms with Gasteiger partial charge in [-0.15, -0.1) is 0 Å². The number of esters is 1. The van der Waals surface area contributed by atoms with Gasteiger partial charge in [-0.2, -0.15) is 0 Å². The van der Waals surface area contributed by atoms with E-state index in [2.05, 4.69) is 5.32 Å². The molecule has 5 heteroatoms. The zero-order valence-corrected chi connectivity index (χ0v) is 12.1. The molecule has 0 amide bonds. The Morgan fingerprint density at radius 3 is 2.35 bits per heavy atom. The Kier molecular flexibility index (Phi) is 4.84. The molecule has 1 aromatic carbocycles. The molecule has 110 valence electrons. The van der Waals surface area contributed by atoms with E-state index in [-0.39, 0.29) is 17.8 Å². The quantitative estimate of drug-likeness (QED) is 0.848. The Balaban J connectivity index is 2.33. The lowest BCUT2D eigenvalue weighted by Gasteiger charge is -2.31. The van der Waals surface area contributed by atoms with E-state index in [0.29, 0.717) is 0 Å². The van der Waals surface area contributed by atoms with Crippen LogP contribution in [0.5, 0.6) is 11.5 Å². The molecule has 0 saturated carbocycles. The second kappa shape index (κ2) is 6.61. The maximum absolute atomic E-state index is 11.9. The molecular weight excluding hydrogens is 258 g/mol. The highest BCUT2D eigenvalue weighted by molar-refractivity contribution is 5.74. The highest BCUT2D eigenvalue weighted by atomic mass is 16.5. The van der Waals surface area contributed by atoms with Gasteiger partial charge in [0.1, 0.15) is 11.5 Å². The van der Waals surface area contributed by atoms with Crippen molar-refractivity contribution in [1.29, 1.82) is 0 Å². The third-order valence-electron chi connectivity index (χ3n) is 3.79. The second-order valence-corrected chi connectivity index (χ2v) is 4.87. The maximum Gasteiger partial charge on any atom is 0.309 e. The summed E-state index contributed by atoms with van der Waals surface area (Å²) in [5.74, 6) is 1.25. The van der Waals surface area contributed by atoms with Gasteiger partial charge in [0.2, 0.25) is 0 Å². The van der Waals surface area contributed by atoms with Crippen LogP contribution in [-0.4, -0.2) is 40.4 Å². The van der Waals surface area contributed by atoms with E-state index in [0.717, 1.165) is 36.6 Å². The summed E-state index contributed by atoms with van der Waals surface area (Å²) in [5, 5.41) is 3.33. The van der Waals surface area contributed by atoms with Crippen molar-refractivity contribution in [3.8, 4) is 11.5 Å². The van der Waals surface area contributed by atoms with Crippen LogP contribution in [0.3, 0.4) is 0 Å².